The molecule has 0 unspecified atom stereocenters. The zero-order chi connectivity index (χ0) is 14.8. The second-order valence-electron chi connectivity index (χ2n) is 6.12. The van der Waals surface area contributed by atoms with Crippen molar-refractivity contribution in [1.29, 1.82) is 0 Å². The summed E-state index contributed by atoms with van der Waals surface area (Å²) in [7, 11) is 0. The lowest BCUT2D eigenvalue weighted by Crippen LogP contribution is -2.05. The Bertz CT molecular complexity index is 645. The highest BCUT2D eigenvalue weighted by molar-refractivity contribution is 5.94. The Balaban J connectivity index is 2.13. The molecule has 0 amide bonds. The lowest BCUT2D eigenvalue weighted by atomic mass is 9.99. The van der Waals surface area contributed by atoms with Crippen LogP contribution in [0.4, 0.5) is 10.1 Å². The number of hydrogen-bond acceptors (Lipinski definition) is 2. The number of benzene rings is 1. The Morgan fingerprint density at radius 1 is 1.24 bits per heavy atom. The van der Waals surface area contributed by atoms with E-state index in [1.54, 1.807) is 12.1 Å². The van der Waals surface area contributed by atoms with Crippen molar-refractivity contribution < 1.29 is 4.39 Å². The Hall–Kier alpha value is -1.64. The van der Waals surface area contributed by atoms with E-state index < -0.39 is 0 Å². The molecule has 0 saturated heterocycles. The molecule has 3 rings (SSSR count). The van der Waals surface area contributed by atoms with Gasteiger partial charge in [0, 0.05) is 35.3 Å². The van der Waals surface area contributed by atoms with Gasteiger partial charge in [0.25, 0.3) is 0 Å². The average molecular weight is 286 g/mol. The predicted molar refractivity (Wildman–Crippen MR) is 86.4 cm³/mol. The van der Waals surface area contributed by atoms with Gasteiger partial charge in [-0.05, 0) is 43.9 Å². The fourth-order valence-electron chi connectivity index (χ4n) is 3.39. The molecule has 1 saturated carbocycles. The van der Waals surface area contributed by atoms with Crippen LogP contribution in [0.3, 0.4) is 0 Å². The molecule has 1 aliphatic rings. The number of rotatable bonds is 4. The number of aromatic nitrogens is 1. The minimum atomic E-state index is -0.197. The number of nitrogens with zero attached hydrogens (tertiary/aromatic N) is 1. The first kappa shape index (κ1) is 14.3. The van der Waals surface area contributed by atoms with Crippen LogP contribution in [-0.4, -0.2) is 11.5 Å². The van der Waals surface area contributed by atoms with Crippen molar-refractivity contribution in [2.45, 2.75) is 51.9 Å². The number of pyridine rings is 1. The van der Waals surface area contributed by atoms with Crippen LogP contribution in [0.5, 0.6) is 0 Å². The zero-order valence-corrected chi connectivity index (χ0v) is 12.9. The molecule has 1 aromatic carbocycles. The lowest BCUT2D eigenvalue weighted by molar-refractivity contribution is 0.628. The van der Waals surface area contributed by atoms with Crippen LogP contribution in [0, 0.1) is 12.7 Å². The summed E-state index contributed by atoms with van der Waals surface area (Å²) >= 11 is 0. The van der Waals surface area contributed by atoms with Crippen molar-refractivity contribution in [3.8, 4) is 0 Å². The number of anilines is 1. The average Bonchev–Trinajstić information content (AvgIpc) is 2.97. The summed E-state index contributed by atoms with van der Waals surface area (Å²) in [4.78, 5) is 4.77. The SMILES string of the molecule is CCCNc1cc(C2CCCC2)nc2cc(F)cc(C)c12. The molecule has 1 fully saturated rings. The topological polar surface area (TPSA) is 24.9 Å². The summed E-state index contributed by atoms with van der Waals surface area (Å²) in [5.74, 6) is 0.345. The number of hydrogen-bond donors (Lipinski definition) is 1. The minimum absolute atomic E-state index is 0.197. The van der Waals surface area contributed by atoms with Crippen molar-refractivity contribution in [3.05, 3.63) is 35.3 Å². The van der Waals surface area contributed by atoms with Crippen molar-refractivity contribution in [3.63, 3.8) is 0 Å². The highest BCUT2D eigenvalue weighted by Gasteiger charge is 2.20. The quantitative estimate of drug-likeness (QED) is 0.839. The van der Waals surface area contributed by atoms with E-state index in [1.165, 1.54) is 25.7 Å². The fourth-order valence-corrected chi connectivity index (χ4v) is 3.39. The lowest BCUT2D eigenvalue weighted by Gasteiger charge is -2.16. The van der Waals surface area contributed by atoms with Crippen molar-refractivity contribution in [2.75, 3.05) is 11.9 Å². The summed E-state index contributed by atoms with van der Waals surface area (Å²) in [5, 5.41) is 4.56. The largest absolute Gasteiger partial charge is 0.384 e. The summed E-state index contributed by atoms with van der Waals surface area (Å²) < 4.78 is 13.7. The standard InChI is InChI=1S/C18H23FN2/c1-3-8-20-16-11-15(13-6-4-5-7-13)21-17-10-14(19)9-12(2)18(16)17/h9-11,13H,3-8H2,1-2H3,(H,20,21). The maximum atomic E-state index is 13.7. The molecular weight excluding hydrogens is 263 g/mol. The van der Waals surface area contributed by atoms with Crippen LogP contribution < -0.4 is 5.32 Å². The molecule has 0 bridgehead atoms. The maximum absolute atomic E-state index is 13.7. The molecule has 0 aliphatic heterocycles. The third-order valence-corrected chi connectivity index (χ3v) is 4.43. The van der Waals surface area contributed by atoms with Crippen LogP contribution in [-0.2, 0) is 0 Å². The molecular formula is C18H23FN2. The van der Waals surface area contributed by atoms with E-state index >= 15 is 0 Å². The Morgan fingerprint density at radius 2 is 2.00 bits per heavy atom. The van der Waals surface area contributed by atoms with Crippen molar-refractivity contribution in [1.82, 2.24) is 4.98 Å². The van der Waals surface area contributed by atoms with Gasteiger partial charge in [-0.15, -0.1) is 0 Å². The Labute approximate surface area is 125 Å². The molecule has 1 aliphatic carbocycles. The molecule has 112 valence electrons. The van der Waals surface area contributed by atoms with Crippen LogP contribution in [0.2, 0.25) is 0 Å². The van der Waals surface area contributed by atoms with E-state index in [-0.39, 0.29) is 5.82 Å². The second-order valence-corrected chi connectivity index (χ2v) is 6.12. The molecule has 1 heterocycles. The van der Waals surface area contributed by atoms with Crippen LogP contribution >= 0.6 is 0 Å². The van der Waals surface area contributed by atoms with Gasteiger partial charge in [0.2, 0.25) is 0 Å². The van der Waals surface area contributed by atoms with E-state index in [0.29, 0.717) is 5.92 Å². The highest BCUT2D eigenvalue weighted by Crippen LogP contribution is 2.36. The van der Waals surface area contributed by atoms with Gasteiger partial charge in [-0.25, -0.2) is 4.39 Å². The van der Waals surface area contributed by atoms with Gasteiger partial charge in [0.1, 0.15) is 5.82 Å². The fraction of sp³-hybridized carbons (Fsp3) is 0.500. The predicted octanol–water partition coefficient (Wildman–Crippen LogP) is 5.16. The number of aryl methyl sites for hydroxylation is 1. The number of halogens is 1. The summed E-state index contributed by atoms with van der Waals surface area (Å²) in [6.45, 7) is 5.04. The first-order chi connectivity index (χ1) is 10.2. The third-order valence-electron chi connectivity index (χ3n) is 4.43. The van der Waals surface area contributed by atoms with Crippen molar-refractivity contribution in [2.24, 2.45) is 0 Å². The molecule has 2 aromatic rings. The third kappa shape index (κ3) is 2.87. The Kier molecular flexibility index (Phi) is 4.09. The van der Waals surface area contributed by atoms with Crippen molar-refractivity contribution >= 4 is 16.6 Å². The van der Waals surface area contributed by atoms with E-state index in [0.717, 1.165) is 40.8 Å². The molecule has 0 spiro atoms. The van der Waals surface area contributed by atoms with Crippen LogP contribution in [0.1, 0.15) is 56.2 Å². The monoisotopic (exact) mass is 286 g/mol. The summed E-state index contributed by atoms with van der Waals surface area (Å²) in [5.41, 5.74) is 3.98. The second kappa shape index (κ2) is 6.00. The van der Waals surface area contributed by atoms with Gasteiger partial charge in [-0.3, -0.25) is 4.98 Å². The van der Waals surface area contributed by atoms with Gasteiger partial charge in [0.05, 0.1) is 5.52 Å². The van der Waals surface area contributed by atoms with Gasteiger partial charge >= 0.3 is 0 Å². The maximum Gasteiger partial charge on any atom is 0.125 e. The van der Waals surface area contributed by atoms with Gasteiger partial charge < -0.3 is 5.32 Å². The normalized spacial score (nSPS) is 15.8. The van der Waals surface area contributed by atoms with E-state index in [2.05, 4.69) is 18.3 Å². The first-order valence-corrected chi connectivity index (χ1v) is 8.03. The zero-order valence-electron chi connectivity index (χ0n) is 12.9. The van der Waals surface area contributed by atoms with Crippen LogP contribution in [0.15, 0.2) is 18.2 Å². The summed E-state index contributed by atoms with van der Waals surface area (Å²) in [6.07, 6.45) is 6.05. The van der Waals surface area contributed by atoms with E-state index in [9.17, 15) is 4.39 Å². The molecule has 1 N–H and O–H groups in total. The highest BCUT2D eigenvalue weighted by atomic mass is 19.1. The number of nitrogens with one attached hydrogen (secondary N) is 1. The summed E-state index contributed by atoms with van der Waals surface area (Å²) in [6, 6.07) is 5.35. The van der Waals surface area contributed by atoms with E-state index in [4.69, 9.17) is 4.98 Å². The van der Waals surface area contributed by atoms with Crippen LogP contribution in [0.25, 0.3) is 10.9 Å². The first-order valence-electron chi connectivity index (χ1n) is 8.03. The molecule has 0 atom stereocenters. The smallest absolute Gasteiger partial charge is 0.125 e. The van der Waals surface area contributed by atoms with Gasteiger partial charge in [-0.2, -0.15) is 0 Å². The minimum Gasteiger partial charge on any atom is -0.384 e. The molecule has 1 aromatic heterocycles. The Morgan fingerprint density at radius 3 is 2.71 bits per heavy atom. The van der Waals surface area contributed by atoms with Gasteiger partial charge in [0.15, 0.2) is 0 Å². The van der Waals surface area contributed by atoms with E-state index in [1.807, 2.05) is 6.92 Å². The van der Waals surface area contributed by atoms with Gasteiger partial charge in [-0.1, -0.05) is 19.8 Å². The molecule has 2 nitrogen and oxygen atoms in total. The number of fused-ring (bicyclic) bond motifs is 1. The molecule has 21 heavy (non-hydrogen) atoms. The molecule has 0 radical (unpaired) electrons. The molecule has 3 heteroatoms.